The molecule has 7 heavy (non-hydrogen) atoms. The predicted molar refractivity (Wildman–Crippen MR) is 31.5 cm³/mol. The first kappa shape index (κ1) is 11.1. The standard InChI is InChI=1S/C3H5ClO2.Sr.2H/c1-2(4)3(5)6;;;/h2H,1H3,(H,5,6);;;. The van der Waals surface area contributed by atoms with E-state index in [-0.39, 0.29) is 45.5 Å². The monoisotopic (exact) mass is 198 g/mol. The minimum absolute atomic E-state index is 0. The fourth-order valence-electron chi connectivity index (χ4n) is 0. The summed E-state index contributed by atoms with van der Waals surface area (Å²) in [6, 6.07) is 0. The summed E-state index contributed by atoms with van der Waals surface area (Å²) >= 11 is 5.01. The molecule has 0 aromatic heterocycles. The SMILES string of the molecule is CC(Cl)C(=O)O.[SrH2]. The van der Waals surface area contributed by atoms with E-state index in [1.165, 1.54) is 6.92 Å². The molecule has 1 unspecified atom stereocenters. The second-order valence-electron chi connectivity index (χ2n) is 0.954. The van der Waals surface area contributed by atoms with Crippen LogP contribution in [0.25, 0.3) is 0 Å². The van der Waals surface area contributed by atoms with Crippen molar-refractivity contribution in [2.24, 2.45) is 0 Å². The third kappa shape index (κ3) is 7.24. The molecule has 0 aromatic carbocycles. The second kappa shape index (κ2) is 5.38. The Morgan fingerprint density at radius 2 is 2.00 bits per heavy atom. The van der Waals surface area contributed by atoms with Gasteiger partial charge in [0, 0.05) is 0 Å². The first-order chi connectivity index (χ1) is 2.64. The van der Waals surface area contributed by atoms with Crippen LogP contribution in [0.5, 0.6) is 0 Å². The van der Waals surface area contributed by atoms with Crippen LogP contribution in [0, 0.1) is 0 Å². The molecule has 0 aromatic rings. The summed E-state index contributed by atoms with van der Waals surface area (Å²) < 4.78 is 0. The number of carbonyl (C=O) groups is 1. The van der Waals surface area contributed by atoms with Gasteiger partial charge < -0.3 is 5.11 Å². The van der Waals surface area contributed by atoms with Crippen LogP contribution in [-0.2, 0) is 4.79 Å². The van der Waals surface area contributed by atoms with Crippen molar-refractivity contribution in [2.75, 3.05) is 0 Å². The molecule has 0 rings (SSSR count). The zero-order valence-electron chi connectivity index (χ0n) is 3.31. The van der Waals surface area contributed by atoms with Gasteiger partial charge >= 0.3 is 51.5 Å². The molecule has 0 aliphatic heterocycles. The third-order valence-corrected chi connectivity index (χ3v) is 0.527. The molecule has 0 amide bonds. The molecule has 2 nitrogen and oxygen atoms in total. The normalized spacial score (nSPS) is 11.7. The van der Waals surface area contributed by atoms with Crippen LogP contribution in [0.4, 0.5) is 0 Å². The van der Waals surface area contributed by atoms with Crippen LogP contribution >= 0.6 is 11.6 Å². The van der Waals surface area contributed by atoms with Crippen molar-refractivity contribution in [3.63, 3.8) is 0 Å². The van der Waals surface area contributed by atoms with Gasteiger partial charge in [0.15, 0.2) is 0 Å². The molecular formula is C3H7ClO2Sr. The number of halogens is 1. The summed E-state index contributed by atoms with van der Waals surface area (Å²) in [7, 11) is 0. The van der Waals surface area contributed by atoms with Gasteiger partial charge in [-0.05, 0) is 6.92 Å². The number of aliphatic carboxylic acids is 1. The predicted octanol–water partition coefficient (Wildman–Crippen LogP) is -0.218. The van der Waals surface area contributed by atoms with E-state index < -0.39 is 11.3 Å². The van der Waals surface area contributed by atoms with Crippen molar-refractivity contribution < 1.29 is 9.90 Å². The van der Waals surface area contributed by atoms with E-state index in [4.69, 9.17) is 16.7 Å². The van der Waals surface area contributed by atoms with Crippen molar-refractivity contribution in [1.29, 1.82) is 0 Å². The number of carboxylic acid groups (broad SMARTS) is 1. The van der Waals surface area contributed by atoms with Crippen molar-refractivity contribution in [2.45, 2.75) is 12.3 Å². The molecule has 0 aliphatic rings. The zero-order chi connectivity index (χ0) is 5.15. The summed E-state index contributed by atoms with van der Waals surface area (Å²) in [5.74, 6) is -0.975. The van der Waals surface area contributed by atoms with Gasteiger partial charge in [-0.2, -0.15) is 0 Å². The quantitative estimate of drug-likeness (QED) is 0.467. The first-order valence-corrected chi connectivity index (χ1v) is 1.95. The van der Waals surface area contributed by atoms with Crippen LogP contribution in [0.3, 0.4) is 0 Å². The van der Waals surface area contributed by atoms with Crippen molar-refractivity contribution in [3.05, 3.63) is 0 Å². The molecule has 4 heteroatoms. The summed E-state index contributed by atoms with van der Waals surface area (Å²) in [6.07, 6.45) is 0. The Labute approximate surface area is 84.1 Å². The molecule has 1 N–H and O–H groups in total. The van der Waals surface area contributed by atoms with Gasteiger partial charge in [0.25, 0.3) is 0 Å². The van der Waals surface area contributed by atoms with E-state index in [1.54, 1.807) is 0 Å². The Morgan fingerprint density at radius 3 is 2.00 bits per heavy atom. The Hall–Kier alpha value is 1.24. The van der Waals surface area contributed by atoms with Gasteiger partial charge in [0.1, 0.15) is 5.38 Å². The van der Waals surface area contributed by atoms with Gasteiger partial charge in [0.05, 0.1) is 0 Å². The molecule has 0 heterocycles. The summed E-state index contributed by atoms with van der Waals surface area (Å²) in [4.78, 5) is 9.57. The number of carboxylic acids is 1. The Bertz CT molecular complexity index is 64.0. The minimum atomic E-state index is -0.975. The van der Waals surface area contributed by atoms with E-state index in [9.17, 15) is 4.79 Å². The summed E-state index contributed by atoms with van der Waals surface area (Å²) in [5, 5.41) is 7.10. The number of hydrogen-bond donors (Lipinski definition) is 1. The Kier molecular flexibility index (Phi) is 8.52. The van der Waals surface area contributed by atoms with E-state index in [0.717, 1.165) is 0 Å². The van der Waals surface area contributed by atoms with Crippen LogP contribution in [0.2, 0.25) is 0 Å². The van der Waals surface area contributed by atoms with Crippen molar-refractivity contribution in [3.8, 4) is 0 Å². The molecule has 0 saturated heterocycles. The van der Waals surface area contributed by atoms with Gasteiger partial charge in [0.2, 0.25) is 0 Å². The first-order valence-electron chi connectivity index (χ1n) is 1.51. The van der Waals surface area contributed by atoms with Crippen LogP contribution < -0.4 is 0 Å². The summed E-state index contributed by atoms with van der Waals surface area (Å²) in [5.41, 5.74) is 0. The van der Waals surface area contributed by atoms with Gasteiger partial charge in [-0.3, -0.25) is 4.79 Å². The van der Waals surface area contributed by atoms with Crippen LogP contribution in [0.1, 0.15) is 6.92 Å². The number of alkyl halides is 1. The average Bonchev–Trinajstić information content (AvgIpc) is 1.36. The van der Waals surface area contributed by atoms with Gasteiger partial charge in [-0.25, -0.2) is 0 Å². The van der Waals surface area contributed by atoms with Gasteiger partial charge in [-0.1, -0.05) is 0 Å². The fourth-order valence-corrected chi connectivity index (χ4v) is 0. The number of hydrogen-bond acceptors (Lipinski definition) is 1. The molecule has 1 atom stereocenters. The maximum absolute atomic E-state index is 9.57. The van der Waals surface area contributed by atoms with Crippen LogP contribution in [-0.4, -0.2) is 61.9 Å². The molecule has 0 bridgehead atoms. The Morgan fingerprint density at radius 1 is 1.86 bits per heavy atom. The van der Waals surface area contributed by atoms with E-state index in [1.807, 2.05) is 0 Å². The van der Waals surface area contributed by atoms with Crippen molar-refractivity contribution in [1.82, 2.24) is 0 Å². The Balaban J connectivity index is 0. The van der Waals surface area contributed by atoms with Crippen molar-refractivity contribution >= 4 is 63.1 Å². The molecule has 40 valence electrons. The fraction of sp³-hybridized carbons (Fsp3) is 0.667. The number of rotatable bonds is 1. The molecule has 0 radical (unpaired) electrons. The van der Waals surface area contributed by atoms with E-state index in [2.05, 4.69) is 0 Å². The maximum atomic E-state index is 9.57. The van der Waals surface area contributed by atoms with Gasteiger partial charge in [-0.15, -0.1) is 11.6 Å². The summed E-state index contributed by atoms with van der Waals surface area (Å²) in [6.45, 7) is 1.41. The molecule has 0 spiro atoms. The third-order valence-electron chi connectivity index (χ3n) is 0.340. The topological polar surface area (TPSA) is 37.3 Å². The molecule has 0 saturated carbocycles. The second-order valence-corrected chi connectivity index (χ2v) is 1.61. The molecule has 0 aliphatic carbocycles. The average molecular weight is 198 g/mol. The molecular weight excluding hydrogens is 191 g/mol. The van der Waals surface area contributed by atoms with Crippen LogP contribution in [0.15, 0.2) is 0 Å². The van der Waals surface area contributed by atoms with E-state index >= 15 is 0 Å². The zero-order valence-corrected chi connectivity index (χ0v) is 4.07. The van der Waals surface area contributed by atoms with E-state index in [0.29, 0.717) is 0 Å². The molecule has 0 fully saturated rings.